The number of benzene rings is 1. The molecule has 2 rings (SSSR count). The number of rotatable bonds is 4. The first-order chi connectivity index (χ1) is 9.54. The summed E-state index contributed by atoms with van der Waals surface area (Å²) in [5, 5.41) is 2.90. The van der Waals surface area contributed by atoms with Gasteiger partial charge in [0.05, 0.1) is 5.25 Å². The van der Waals surface area contributed by atoms with E-state index in [0.717, 1.165) is 11.3 Å². The van der Waals surface area contributed by atoms with Crippen molar-refractivity contribution >= 4 is 23.4 Å². The van der Waals surface area contributed by atoms with Crippen LogP contribution in [0.3, 0.4) is 0 Å². The van der Waals surface area contributed by atoms with Crippen LogP contribution in [0.5, 0.6) is 0 Å². The van der Waals surface area contributed by atoms with Crippen molar-refractivity contribution < 1.29 is 4.79 Å². The van der Waals surface area contributed by atoms with Crippen molar-refractivity contribution in [3.8, 4) is 0 Å². The average molecular weight is 289 g/mol. The maximum atomic E-state index is 12.0. The van der Waals surface area contributed by atoms with Gasteiger partial charge in [0.1, 0.15) is 0 Å². The summed E-state index contributed by atoms with van der Waals surface area (Å²) in [6, 6.07) is 8.91. The summed E-state index contributed by atoms with van der Waals surface area (Å²) in [5.74, 6) is -0.134. The quantitative estimate of drug-likeness (QED) is 0.668. The Kier molecular flexibility index (Phi) is 4.57. The van der Waals surface area contributed by atoms with E-state index in [1.807, 2.05) is 31.2 Å². The summed E-state index contributed by atoms with van der Waals surface area (Å²) in [4.78, 5) is 29.8. The normalized spacial score (nSPS) is 11.9. The van der Waals surface area contributed by atoms with Gasteiger partial charge in [0.25, 0.3) is 5.56 Å². The molecule has 0 unspecified atom stereocenters. The Hall–Kier alpha value is -2.08. The number of carbonyl (C=O) groups is 1. The second-order valence-electron chi connectivity index (χ2n) is 4.35. The molecule has 1 aromatic heterocycles. The van der Waals surface area contributed by atoms with E-state index in [0.29, 0.717) is 5.16 Å². The van der Waals surface area contributed by atoms with Crippen LogP contribution >= 0.6 is 11.8 Å². The van der Waals surface area contributed by atoms with Crippen molar-refractivity contribution in [2.24, 2.45) is 0 Å². The number of nitrogens with one attached hydrogen (secondary N) is 2. The van der Waals surface area contributed by atoms with E-state index in [4.69, 9.17) is 0 Å². The molecule has 20 heavy (non-hydrogen) atoms. The molecule has 2 N–H and O–H groups in total. The Balaban J connectivity index is 1.98. The maximum Gasteiger partial charge on any atom is 0.251 e. The first kappa shape index (κ1) is 14.3. The van der Waals surface area contributed by atoms with Crippen LogP contribution < -0.4 is 10.9 Å². The third-order valence-corrected chi connectivity index (χ3v) is 3.62. The molecule has 6 heteroatoms. The van der Waals surface area contributed by atoms with Gasteiger partial charge in [0.2, 0.25) is 5.91 Å². The molecule has 0 spiro atoms. The van der Waals surface area contributed by atoms with E-state index in [2.05, 4.69) is 15.3 Å². The third-order valence-electron chi connectivity index (χ3n) is 2.62. The van der Waals surface area contributed by atoms with Gasteiger partial charge in [0, 0.05) is 18.0 Å². The molecule has 0 bridgehead atoms. The van der Waals surface area contributed by atoms with Gasteiger partial charge in [-0.3, -0.25) is 9.59 Å². The molecule has 0 aliphatic rings. The third kappa shape index (κ3) is 3.96. The van der Waals surface area contributed by atoms with Crippen LogP contribution in [-0.4, -0.2) is 21.1 Å². The van der Waals surface area contributed by atoms with Crippen LogP contribution in [0, 0.1) is 6.92 Å². The molecular weight excluding hydrogens is 274 g/mol. The standard InChI is InChI=1S/C14H15N3O2S/c1-9-3-5-11(6-4-9)16-13(19)10(2)20-14-15-8-7-12(18)17-14/h3-8,10H,1-2H3,(H,16,19)(H,15,17,18)/t10-/m0/s1. The first-order valence-electron chi connectivity index (χ1n) is 6.14. The van der Waals surface area contributed by atoms with Gasteiger partial charge in [-0.15, -0.1) is 0 Å². The molecule has 2 aromatic rings. The molecule has 1 atom stereocenters. The van der Waals surface area contributed by atoms with Gasteiger partial charge in [-0.05, 0) is 26.0 Å². The number of aromatic amines is 1. The summed E-state index contributed by atoms with van der Waals surface area (Å²) in [5.41, 5.74) is 1.66. The smallest absolute Gasteiger partial charge is 0.251 e. The fraction of sp³-hybridized carbons (Fsp3) is 0.214. The fourth-order valence-electron chi connectivity index (χ4n) is 1.51. The van der Waals surface area contributed by atoms with Gasteiger partial charge in [-0.2, -0.15) is 0 Å². The lowest BCUT2D eigenvalue weighted by Gasteiger charge is -2.11. The van der Waals surface area contributed by atoms with Crippen LogP contribution in [0.15, 0.2) is 46.5 Å². The molecule has 0 fully saturated rings. The Morgan fingerprint density at radius 2 is 2.00 bits per heavy atom. The Bertz CT molecular complexity index is 652. The van der Waals surface area contributed by atoms with E-state index < -0.39 is 0 Å². The highest BCUT2D eigenvalue weighted by atomic mass is 32.2. The number of amides is 1. The highest BCUT2D eigenvalue weighted by Crippen LogP contribution is 2.19. The minimum absolute atomic E-state index is 0.134. The molecule has 0 saturated carbocycles. The molecule has 0 radical (unpaired) electrons. The highest BCUT2D eigenvalue weighted by Gasteiger charge is 2.15. The zero-order valence-electron chi connectivity index (χ0n) is 11.2. The Labute approximate surface area is 120 Å². The Morgan fingerprint density at radius 3 is 2.65 bits per heavy atom. The molecular formula is C14H15N3O2S. The topological polar surface area (TPSA) is 74.8 Å². The summed E-state index contributed by atoms with van der Waals surface area (Å²) < 4.78 is 0. The zero-order chi connectivity index (χ0) is 14.5. The molecule has 5 nitrogen and oxygen atoms in total. The number of aromatic nitrogens is 2. The van der Waals surface area contributed by atoms with Crippen molar-refractivity contribution in [1.29, 1.82) is 0 Å². The largest absolute Gasteiger partial charge is 0.325 e. The van der Waals surface area contributed by atoms with Crippen molar-refractivity contribution in [1.82, 2.24) is 9.97 Å². The summed E-state index contributed by atoms with van der Waals surface area (Å²) in [7, 11) is 0. The number of anilines is 1. The molecule has 1 heterocycles. The van der Waals surface area contributed by atoms with E-state index >= 15 is 0 Å². The van der Waals surface area contributed by atoms with E-state index in [1.54, 1.807) is 6.92 Å². The van der Waals surface area contributed by atoms with Gasteiger partial charge in [0.15, 0.2) is 5.16 Å². The van der Waals surface area contributed by atoms with E-state index in [9.17, 15) is 9.59 Å². The fourth-order valence-corrected chi connectivity index (χ4v) is 2.30. The average Bonchev–Trinajstić information content (AvgIpc) is 2.41. The van der Waals surface area contributed by atoms with Crippen LogP contribution in [0.4, 0.5) is 5.69 Å². The minimum Gasteiger partial charge on any atom is -0.325 e. The van der Waals surface area contributed by atoms with Gasteiger partial charge >= 0.3 is 0 Å². The lowest BCUT2D eigenvalue weighted by atomic mass is 10.2. The van der Waals surface area contributed by atoms with Crippen LogP contribution in [-0.2, 0) is 4.79 Å². The SMILES string of the molecule is Cc1ccc(NC(=O)[C@H](C)Sc2nccc(=O)[nH]2)cc1. The second kappa shape index (κ2) is 6.38. The molecule has 104 valence electrons. The van der Waals surface area contributed by atoms with Crippen molar-refractivity contribution in [3.05, 3.63) is 52.4 Å². The number of nitrogens with zero attached hydrogens (tertiary/aromatic N) is 1. The van der Waals surface area contributed by atoms with Crippen LogP contribution in [0.2, 0.25) is 0 Å². The van der Waals surface area contributed by atoms with E-state index in [-0.39, 0.29) is 16.7 Å². The predicted octanol–water partition coefficient (Wildman–Crippen LogP) is 2.20. The maximum absolute atomic E-state index is 12.0. The molecule has 0 saturated heterocycles. The van der Waals surface area contributed by atoms with Crippen molar-refractivity contribution in [2.45, 2.75) is 24.3 Å². The number of carbonyl (C=O) groups excluding carboxylic acids is 1. The molecule has 0 aliphatic carbocycles. The lowest BCUT2D eigenvalue weighted by molar-refractivity contribution is -0.115. The number of H-pyrrole nitrogens is 1. The van der Waals surface area contributed by atoms with E-state index in [1.165, 1.54) is 24.0 Å². The minimum atomic E-state index is -0.359. The number of hydrogen-bond donors (Lipinski definition) is 2. The Morgan fingerprint density at radius 1 is 1.30 bits per heavy atom. The van der Waals surface area contributed by atoms with Crippen molar-refractivity contribution in [3.63, 3.8) is 0 Å². The summed E-state index contributed by atoms with van der Waals surface area (Å²) >= 11 is 1.21. The van der Waals surface area contributed by atoms with Gasteiger partial charge < -0.3 is 10.3 Å². The summed E-state index contributed by atoms with van der Waals surface area (Å²) in [6.45, 7) is 3.75. The molecule has 1 aromatic carbocycles. The number of aryl methyl sites for hydroxylation is 1. The predicted molar refractivity (Wildman–Crippen MR) is 80.0 cm³/mol. The molecule has 0 aliphatic heterocycles. The van der Waals surface area contributed by atoms with Crippen molar-refractivity contribution in [2.75, 3.05) is 5.32 Å². The summed E-state index contributed by atoms with van der Waals surface area (Å²) in [6.07, 6.45) is 1.42. The number of hydrogen-bond acceptors (Lipinski definition) is 4. The van der Waals surface area contributed by atoms with Gasteiger partial charge in [-0.1, -0.05) is 29.5 Å². The van der Waals surface area contributed by atoms with Crippen LogP contribution in [0.25, 0.3) is 0 Å². The first-order valence-corrected chi connectivity index (χ1v) is 7.02. The zero-order valence-corrected chi connectivity index (χ0v) is 12.0. The van der Waals surface area contributed by atoms with Gasteiger partial charge in [-0.25, -0.2) is 4.98 Å². The lowest BCUT2D eigenvalue weighted by Crippen LogP contribution is -2.23. The monoisotopic (exact) mass is 289 g/mol. The highest BCUT2D eigenvalue weighted by molar-refractivity contribution is 8.00. The molecule has 1 amide bonds. The van der Waals surface area contributed by atoms with Crippen LogP contribution in [0.1, 0.15) is 12.5 Å². The second-order valence-corrected chi connectivity index (χ2v) is 5.68. The number of thioether (sulfide) groups is 1.